The summed E-state index contributed by atoms with van der Waals surface area (Å²) >= 11 is 0. The Bertz CT molecular complexity index is 1100. The van der Waals surface area contributed by atoms with Crippen molar-refractivity contribution in [2.24, 2.45) is 5.92 Å². The van der Waals surface area contributed by atoms with Gasteiger partial charge in [0, 0.05) is 25.4 Å². The third-order valence-electron chi connectivity index (χ3n) is 7.87. The number of hydrogen-bond acceptors (Lipinski definition) is 4. The van der Waals surface area contributed by atoms with E-state index in [0.717, 1.165) is 38.1 Å². The molecular formula is C31H37NO3. The summed E-state index contributed by atoms with van der Waals surface area (Å²) in [4.78, 5) is 2.18. The molecule has 2 N–H and O–H groups in total. The average molecular weight is 472 g/mol. The van der Waals surface area contributed by atoms with Gasteiger partial charge in [0.25, 0.3) is 0 Å². The summed E-state index contributed by atoms with van der Waals surface area (Å²) in [5.41, 5.74) is 5.57. The molecule has 1 saturated heterocycles. The molecule has 35 heavy (non-hydrogen) atoms. The van der Waals surface area contributed by atoms with Gasteiger partial charge in [-0.25, -0.2) is 0 Å². The first-order chi connectivity index (χ1) is 17.0. The molecule has 0 saturated carbocycles. The lowest BCUT2D eigenvalue weighted by Crippen LogP contribution is -2.51. The van der Waals surface area contributed by atoms with Gasteiger partial charge < -0.3 is 14.9 Å². The SMILES string of the molecule is Cc1ccc(CC2(O)CCN(C(O)C3CCc4cc(OCc5ccccc5)ccc4C3)CC2)cc1. The van der Waals surface area contributed by atoms with Crippen molar-refractivity contribution in [3.63, 3.8) is 0 Å². The van der Waals surface area contributed by atoms with E-state index in [-0.39, 0.29) is 5.92 Å². The highest BCUT2D eigenvalue weighted by molar-refractivity contribution is 5.38. The van der Waals surface area contributed by atoms with Crippen LogP contribution >= 0.6 is 0 Å². The van der Waals surface area contributed by atoms with Crippen molar-refractivity contribution >= 4 is 0 Å². The predicted octanol–water partition coefficient (Wildman–Crippen LogP) is 5.07. The first-order valence-corrected chi connectivity index (χ1v) is 13.0. The van der Waals surface area contributed by atoms with E-state index in [4.69, 9.17) is 4.74 Å². The molecule has 0 aromatic heterocycles. The van der Waals surface area contributed by atoms with E-state index in [2.05, 4.69) is 66.4 Å². The van der Waals surface area contributed by atoms with Crippen molar-refractivity contribution in [3.8, 4) is 5.75 Å². The van der Waals surface area contributed by atoms with Gasteiger partial charge in [0.05, 0.1) is 5.60 Å². The zero-order chi connectivity index (χ0) is 24.3. The van der Waals surface area contributed by atoms with E-state index in [0.29, 0.717) is 25.9 Å². The summed E-state index contributed by atoms with van der Waals surface area (Å²) in [6, 6.07) is 25.1. The number of likely N-dealkylation sites (tertiary alicyclic amines) is 1. The number of aryl methyl sites for hydroxylation is 2. The summed E-state index contributed by atoms with van der Waals surface area (Å²) in [5, 5.41) is 22.4. The van der Waals surface area contributed by atoms with E-state index < -0.39 is 11.8 Å². The molecule has 1 aliphatic heterocycles. The third-order valence-corrected chi connectivity index (χ3v) is 7.87. The monoisotopic (exact) mass is 471 g/mol. The number of aliphatic hydroxyl groups excluding tert-OH is 1. The van der Waals surface area contributed by atoms with Crippen molar-refractivity contribution in [1.29, 1.82) is 0 Å². The minimum atomic E-state index is -0.680. The Morgan fingerprint density at radius 3 is 2.43 bits per heavy atom. The quantitative estimate of drug-likeness (QED) is 0.505. The normalized spacial score (nSPS) is 20.7. The fourth-order valence-corrected chi connectivity index (χ4v) is 5.61. The van der Waals surface area contributed by atoms with Crippen LogP contribution in [0.4, 0.5) is 0 Å². The second-order valence-electron chi connectivity index (χ2n) is 10.5. The molecule has 0 bridgehead atoms. The maximum atomic E-state index is 11.2. The summed E-state index contributed by atoms with van der Waals surface area (Å²) in [5.74, 6) is 1.14. The predicted molar refractivity (Wildman–Crippen MR) is 139 cm³/mol. The van der Waals surface area contributed by atoms with E-state index in [9.17, 15) is 10.2 Å². The Kier molecular flexibility index (Phi) is 7.24. The van der Waals surface area contributed by atoms with Crippen molar-refractivity contribution in [2.45, 2.75) is 63.9 Å². The molecule has 5 rings (SSSR count). The molecule has 1 fully saturated rings. The van der Waals surface area contributed by atoms with Gasteiger partial charge in [-0.05, 0) is 73.4 Å². The first-order valence-electron chi connectivity index (χ1n) is 13.0. The third kappa shape index (κ3) is 5.95. The van der Waals surface area contributed by atoms with Crippen LogP contribution in [-0.4, -0.2) is 40.0 Å². The van der Waals surface area contributed by atoms with E-state index in [1.807, 2.05) is 18.2 Å². The fourth-order valence-electron chi connectivity index (χ4n) is 5.61. The van der Waals surface area contributed by atoms with Crippen LogP contribution in [0.15, 0.2) is 72.8 Å². The molecule has 4 nitrogen and oxygen atoms in total. The van der Waals surface area contributed by atoms with E-state index in [1.165, 1.54) is 27.8 Å². The molecule has 2 atom stereocenters. The number of rotatable bonds is 7. The summed E-state index contributed by atoms with van der Waals surface area (Å²) < 4.78 is 6.01. The van der Waals surface area contributed by atoms with Gasteiger partial charge in [-0.2, -0.15) is 0 Å². The number of piperidine rings is 1. The van der Waals surface area contributed by atoms with Gasteiger partial charge >= 0.3 is 0 Å². The molecule has 4 heteroatoms. The Morgan fingerprint density at radius 2 is 1.69 bits per heavy atom. The van der Waals surface area contributed by atoms with Crippen LogP contribution in [-0.2, 0) is 25.9 Å². The highest BCUT2D eigenvalue weighted by Crippen LogP contribution is 2.34. The first kappa shape index (κ1) is 24.1. The summed E-state index contributed by atoms with van der Waals surface area (Å²) in [6.07, 6.45) is 4.45. The highest BCUT2D eigenvalue weighted by atomic mass is 16.5. The van der Waals surface area contributed by atoms with Crippen LogP contribution < -0.4 is 4.74 Å². The van der Waals surface area contributed by atoms with Gasteiger partial charge in [0.15, 0.2) is 0 Å². The topological polar surface area (TPSA) is 52.9 Å². The molecular weight excluding hydrogens is 434 g/mol. The van der Waals surface area contributed by atoms with Crippen LogP contribution in [0.2, 0.25) is 0 Å². The zero-order valence-electron chi connectivity index (χ0n) is 20.7. The van der Waals surface area contributed by atoms with Crippen LogP contribution in [0.5, 0.6) is 5.75 Å². The second-order valence-corrected chi connectivity index (χ2v) is 10.5. The number of hydrogen-bond donors (Lipinski definition) is 2. The lowest BCUT2D eigenvalue weighted by Gasteiger charge is -2.43. The number of nitrogens with zero attached hydrogens (tertiary/aromatic N) is 1. The molecule has 1 heterocycles. The molecule has 0 spiro atoms. The lowest BCUT2D eigenvalue weighted by molar-refractivity contribution is -0.0959. The zero-order valence-corrected chi connectivity index (χ0v) is 20.7. The van der Waals surface area contributed by atoms with Gasteiger partial charge in [0.2, 0.25) is 0 Å². The highest BCUT2D eigenvalue weighted by Gasteiger charge is 2.37. The van der Waals surface area contributed by atoms with Gasteiger partial charge in [0.1, 0.15) is 18.6 Å². The smallest absolute Gasteiger partial charge is 0.120 e. The molecule has 3 aromatic carbocycles. The standard InChI is InChI=1S/C31H37NO3/c1-23-7-9-24(10-8-23)21-31(34)15-17-32(18-16-31)30(33)28-12-11-27-20-29(14-13-26(27)19-28)35-22-25-5-3-2-4-6-25/h2-10,13-14,20,28,30,33-34H,11-12,15-19,21-22H2,1H3. The van der Waals surface area contributed by atoms with E-state index >= 15 is 0 Å². The van der Waals surface area contributed by atoms with Crippen molar-refractivity contribution < 1.29 is 14.9 Å². The number of aliphatic hydroxyl groups is 2. The minimum Gasteiger partial charge on any atom is -0.489 e. The molecule has 0 amide bonds. The van der Waals surface area contributed by atoms with Crippen molar-refractivity contribution in [3.05, 3.63) is 101 Å². The van der Waals surface area contributed by atoms with Crippen molar-refractivity contribution in [2.75, 3.05) is 13.1 Å². The number of fused-ring (bicyclic) bond motifs is 1. The Labute approximate surface area is 209 Å². The van der Waals surface area contributed by atoms with Gasteiger partial charge in [-0.1, -0.05) is 66.2 Å². The number of benzene rings is 3. The Morgan fingerprint density at radius 1 is 0.943 bits per heavy atom. The summed E-state index contributed by atoms with van der Waals surface area (Å²) in [6.45, 7) is 4.13. The van der Waals surface area contributed by atoms with Gasteiger partial charge in [-0.15, -0.1) is 0 Å². The maximum absolute atomic E-state index is 11.2. The van der Waals surface area contributed by atoms with E-state index in [1.54, 1.807) is 0 Å². The number of ether oxygens (including phenoxy) is 1. The van der Waals surface area contributed by atoms with Crippen LogP contribution in [0, 0.1) is 12.8 Å². The van der Waals surface area contributed by atoms with Crippen LogP contribution in [0.3, 0.4) is 0 Å². The lowest BCUT2D eigenvalue weighted by atomic mass is 9.81. The molecule has 2 aliphatic rings. The van der Waals surface area contributed by atoms with Crippen LogP contribution in [0.25, 0.3) is 0 Å². The Hall–Kier alpha value is -2.66. The molecule has 1 aliphatic carbocycles. The average Bonchev–Trinajstić information content (AvgIpc) is 2.89. The molecule has 2 unspecified atom stereocenters. The minimum absolute atomic E-state index is 0.224. The Balaban J connectivity index is 1.14. The molecule has 184 valence electrons. The molecule has 0 radical (unpaired) electrons. The fraction of sp³-hybridized carbons (Fsp3) is 0.419. The second kappa shape index (κ2) is 10.5. The summed E-state index contributed by atoms with van der Waals surface area (Å²) in [7, 11) is 0. The van der Waals surface area contributed by atoms with Gasteiger partial charge in [-0.3, -0.25) is 4.90 Å². The maximum Gasteiger partial charge on any atom is 0.120 e. The van der Waals surface area contributed by atoms with Crippen molar-refractivity contribution in [1.82, 2.24) is 4.90 Å². The van der Waals surface area contributed by atoms with Crippen LogP contribution in [0.1, 0.15) is 47.1 Å². The molecule has 3 aromatic rings. The largest absolute Gasteiger partial charge is 0.489 e.